The minimum Gasteiger partial charge on any atom is -0.380 e. The monoisotopic (exact) mass is 309 g/mol. The summed E-state index contributed by atoms with van der Waals surface area (Å²) in [5, 5.41) is 4.50. The van der Waals surface area contributed by atoms with Crippen molar-refractivity contribution in [1.29, 1.82) is 0 Å². The molecule has 0 saturated carbocycles. The van der Waals surface area contributed by atoms with Gasteiger partial charge in [-0.25, -0.2) is 0 Å². The first-order chi connectivity index (χ1) is 10.3. The third-order valence-corrected chi connectivity index (χ3v) is 5.62. The fourth-order valence-electron chi connectivity index (χ4n) is 3.07. The maximum Gasteiger partial charge on any atom is 0.236 e. The van der Waals surface area contributed by atoms with Gasteiger partial charge in [0.2, 0.25) is 5.91 Å². The van der Waals surface area contributed by atoms with Crippen molar-refractivity contribution in [1.82, 2.24) is 14.7 Å². The van der Waals surface area contributed by atoms with Crippen LogP contribution in [0.15, 0.2) is 12.3 Å². The molecule has 21 heavy (non-hydrogen) atoms. The largest absolute Gasteiger partial charge is 0.380 e. The van der Waals surface area contributed by atoms with Gasteiger partial charge in [-0.2, -0.15) is 5.10 Å². The van der Waals surface area contributed by atoms with Gasteiger partial charge in [-0.15, -0.1) is 11.8 Å². The van der Waals surface area contributed by atoms with Crippen LogP contribution in [0.3, 0.4) is 0 Å². The normalized spacial score (nSPS) is 25.7. The molecule has 0 aliphatic carbocycles. The molecule has 116 valence electrons. The smallest absolute Gasteiger partial charge is 0.236 e. The zero-order valence-electron chi connectivity index (χ0n) is 12.5. The molecule has 1 fully saturated rings. The van der Waals surface area contributed by atoms with Crippen molar-refractivity contribution < 1.29 is 9.53 Å². The number of carbonyl (C=O) groups excluding carboxylic acids is 1. The molecule has 3 rings (SSSR count). The van der Waals surface area contributed by atoms with Gasteiger partial charge in [0, 0.05) is 19.3 Å². The highest BCUT2D eigenvalue weighted by Gasteiger charge is 2.34. The molecule has 0 radical (unpaired) electrons. The molecule has 2 aliphatic heterocycles. The summed E-state index contributed by atoms with van der Waals surface area (Å²) in [4.78, 5) is 14.9. The summed E-state index contributed by atoms with van der Waals surface area (Å²) in [5.41, 5.74) is 1.13. The lowest BCUT2D eigenvalue weighted by Gasteiger charge is -2.31. The minimum atomic E-state index is 0.142. The highest BCUT2D eigenvalue weighted by molar-refractivity contribution is 8.00. The van der Waals surface area contributed by atoms with Gasteiger partial charge in [-0.3, -0.25) is 9.48 Å². The van der Waals surface area contributed by atoms with Crippen LogP contribution in [0.25, 0.3) is 0 Å². The molecule has 6 heteroatoms. The highest BCUT2D eigenvalue weighted by atomic mass is 32.2. The summed E-state index contributed by atoms with van der Waals surface area (Å²) < 4.78 is 7.64. The van der Waals surface area contributed by atoms with E-state index < -0.39 is 0 Å². The van der Waals surface area contributed by atoms with Crippen molar-refractivity contribution in [2.75, 3.05) is 19.0 Å². The molecule has 1 saturated heterocycles. The number of thioether (sulfide) groups is 1. The second-order valence-electron chi connectivity index (χ2n) is 5.62. The molecular formula is C15H23N3O2S. The number of fused-ring (bicyclic) bond motifs is 1. The summed E-state index contributed by atoms with van der Waals surface area (Å²) in [6.07, 6.45) is 4.91. The molecular weight excluding hydrogens is 286 g/mol. The predicted octanol–water partition coefficient (Wildman–Crippen LogP) is 1.92. The second-order valence-corrected chi connectivity index (χ2v) is 6.93. The summed E-state index contributed by atoms with van der Waals surface area (Å²) in [5.74, 6) is 1.40. The van der Waals surface area contributed by atoms with Crippen LogP contribution >= 0.6 is 11.8 Å². The minimum absolute atomic E-state index is 0.142. The van der Waals surface area contributed by atoms with Crippen molar-refractivity contribution in [3.8, 4) is 0 Å². The molecule has 0 bridgehead atoms. The number of carbonyl (C=O) groups is 1. The Morgan fingerprint density at radius 1 is 1.52 bits per heavy atom. The summed E-state index contributed by atoms with van der Waals surface area (Å²) in [7, 11) is 0. The standard InChI is InChI=1S/C15H23N3O2S/c1-2-20-11-13-6-8-18-12(5-7-16-18)10-17(13)15(19)14-4-3-9-21-14/h5,7,13-14H,2-4,6,8-11H2,1H3. The number of rotatable bonds is 4. The van der Waals surface area contributed by atoms with Crippen LogP contribution < -0.4 is 0 Å². The molecule has 3 heterocycles. The summed E-state index contributed by atoms with van der Waals surface area (Å²) in [6.45, 7) is 4.85. The number of hydrogen-bond donors (Lipinski definition) is 0. The quantitative estimate of drug-likeness (QED) is 0.852. The van der Waals surface area contributed by atoms with Crippen molar-refractivity contribution in [3.05, 3.63) is 18.0 Å². The molecule has 5 nitrogen and oxygen atoms in total. The van der Waals surface area contributed by atoms with Gasteiger partial charge in [0.15, 0.2) is 0 Å². The van der Waals surface area contributed by atoms with E-state index in [1.165, 1.54) is 0 Å². The van der Waals surface area contributed by atoms with Gasteiger partial charge in [0.1, 0.15) is 0 Å². The fourth-order valence-corrected chi connectivity index (χ4v) is 4.30. The first-order valence-electron chi connectivity index (χ1n) is 7.80. The van der Waals surface area contributed by atoms with Crippen LogP contribution in [0.4, 0.5) is 0 Å². The Labute approximate surface area is 130 Å². The van der Waals surface area contributed by atoms with Crippen LogP contribution in [-0.4, -0.2) is 50.8 Å². The Balaban J connectivity index is 1.78. The van der Waals surface area contributed by atoms with Crippen molar-refractivity contribution in [2.45, 2.75) is 50.6 Å². The van der Waals surface area contributed by atoms with E-state index in [2.05, 4.69) is 5.10 Å². The molecule has 2 aliphatic rings. The van der Waals surface area contributed by atoms with Crippen LogP contribution in [0.5, 0.6) is 0 Å². The fraction of sp³-hybridized carbons (Fsp3) is 0.733. The predicted molar refractivity (Wildman–Crippen MR) is 83.2 cm³/mol. The lowest BCUT2D eigenvalue weighted by molar-refractivity contribution is -0.135. The van der Waals surface area contributed by atoms with E-state index >= 15 is 0 Å². The molecule has 0 N–H and O–H groups in total. The Morgan fingerprint density at radius 3 is 3.19 bits per heavy atom. The molecule has 2 unspecified atom stereocenters. The topological polar surface area (TPSA) is 47.4 Å². The number of aromatic nitrogens is 2. The Kier molecular flexibility index (Phi) is 4.85. The third kappa shape index (κ3) is 3.26. The van der Waals surface area contributed by atoms with Gasteiger partial charge in [-0.1, -0.05) is 0 Å². The van der Waals surface area contributed by atoms with E-state index in [0.29, 0.717) is 19.8 Å². The number of amides is 1. The number of aryl methyl sites for hydroxylation is 1. The average molecular weight is 309 g/mol. The zero-order valence-corrected chi connectivity index (χ0v) is 13.3. The third-order valence-electron chi connectivity index (χ3n) is 4.25. The molecule has 1 aromatic rings. The number of ether oxygens (including phenoxy) is 1. The Bertz CT molecular complexity index is 485. The van der Waals surface area contributed by atoms with Crippen LogP contribution in [-0.2, 0) is 22.6 Å². The van der Waals surface area contributed by atoms with E-state index in [-0.39, 0.29) is 17.2 Å². The van der Waals surface area contributed by atoms with Gasteiger partial charge in [0.25, 0.3) is 0 Å². The van der Waals surface area contributed by atoms with Crippen LogP contribution in [0.1, 0.15) is 31.9 Å². The lowest BCUT2D eigenvalue weighted by Crippen LogP contribution is -2.45. The van der Waals surface area contributed by atoms with Gasteiger partial charge in [0.05, 0.1) is 30.1 Å². The van der Waals surface area contributed by atoms with E-state index in [1.807, 2.05) is 28.8 Å². The van der Waals surface area contributed by atoms with Crippen LogP contribution in [0, 0.1) is 0 Å². The Morgan fingerprint density at radius 2 is 2.43 bits per heavy atom. The lowest BCUT2D eigenvalue weighted by atomic mass is 10.1. The average Bonchev–Trinajstić information content (AvgIpc) is 3.14. The summed E-state index contributed by atoms with van der Waals surface area (Å²) in [6, 6.07) is 2.19. The van der Waals surface area contributed by atoms with Crippen molar-refractivity contribution in [3.63, 3.8) is 0 Å². The number of hydrogen-bond acceptors (Lipinski definition) is 4. The van der Waals surface area contributed by atoms with E-state index in [1.54, 1.807) is 11.8 Å². The zero-order chi connectivity index (χ0) is 14.7. The molecule has 0 aromatic carbocycles. The van der Waals surface area contributed by atoms with Crippen molar-refractivity contribution in [2.24, 2.45) is 0 Å². The van der Waals surface area contributed by atoms with Gasteiger partial charge < -0.3 is 9.64 Å². The molecule has 0 spiro atoms. The maximum absolute atomic E-state index is 12.9. The first-order valence-corrected chi connectivity index (χ1v) is 8.85. The molecule has 1 amide bonds. The molecule has 1 aromatic heterocycles. The molecule has 2 atom stereocenters. The second kappa shape index (κ2) is 6.83. The summed E-state index contributed by atoms with van der Waals surface area (Å²) >= 11 is 1.81. The van der Waals surface area contributed by atoms with Crippen LogP contribution in [0.2, 0.25) is 0 Å². The van der Waals surface area contributed by atoms with E-state index in [9.17, 15) is 4.79 Å². The van der Waals surface area contributed by atoms with Gasteiger partial charge in [-0.05, 0) is 38.0 Å². The number of nitrogens with zero attached hydrogens (tertiary/aromatic N) is 3. The van der Waals surface area contributed by atoms with Gasteiger partial charge >= 0.3 is 0 Å². The van der Waals surface area contributed by atoms with E-state index in [0.717, 1.165) is 37.3 Å². The SMILES string of the molecule is CCOCC1CCn2nccc2CN1C(=O)C1CCCS1. The first kappa shape index (κ1) is 14.9. The van der Waals surface area contributed by atoms with E-state index in [4.69, 9.17) is 4.74 Å². The Hall–Kier alpha value is -1.01. The maximum atomic E-state index is 12.9. The van der Waals surface area contributed by atoms with Crippen molar-refractivity contribution >= 4 is 17.7 Å². The highest BCUT2D eigenvalue weighted by Crippen LogP contribution is 2.30.